The number of Topliss-reactive ketones (excluding diaryl/α,β-unsaturated/α-hetero) is 1. The van der Waals surface area contributed by atoms with Crippen LogP contribution in [-0.4, -0.2) is 33.8 Å². The van der Waals surface area contributed by atoms with Crippen molar-refractivity contribution < 1.29 is 27.9 Å². The van der Waals surface area contributed by atoms with Gasteiger partial charge in [0.15, 0.2) is 5.78 Å². The fourth-order valence-electron chi connectivity index (χ4n) is 3.04. The number of benzene rings is 1. The molecule has 11 heteroatoms. The third-order valence-corrected chi connectivity index (χ3v) is 4.89. The average Bonchev–Trinajstić information content (AvgIpc) is 2.60. The van der Waals surface area contributed by atoms with Crippen LogP contribution in [0.2, 0.25) is 10.0 Å². The maximum absolute atomic E-state index is 13.8. The summed E-state index contributed by atoms with van der Waals surface area (Å²) in [6.07, 6.45) is -2.96. The summed E-state index contributed by atoms with van der Waals surface area (Å²) in [5.74, 6) is -3.27. The first-order valence-corrected chi connectivity index (χ1v) is 8.57. The Hall–Kier alpha value is -2.36. The summed E-state index contributed by atoms with van der Waals surface area (Å²) in [6, 6.07) is 3.59. The van der Waals surface area contributed by atoms with Crippen LogP contribution in [0.5, 0.6) is 0 Å². The fourth-order valence-corrected chi connectivity index (χ4v) is 3.57. The van der Waals surface area contributed by atoms with Crippen molar-refractivity contribution in [2.45, 2.75) is 17.9 Å². The van der Waals surface area contributed by atoms with Crippen LogP contribution < -0.4 is 10.6 Å². The van der Waals surface area contributed by atoms with Crippen molar-refractivity contribution in [2.75, 3.05) is 0 Å². The molecule has 1 saturated heterocycles. The van der Waals surface area contributed by atoms with E-state index in [-0.39, 0.29) is 21.2 Å². The Labute approximate surface area is 166 Å². The van der Waals surface area contributed by atoms with Gasteiger partial charge in [-0.25, -0.2) is 4.79 Å². The number of nitrogens with zero attached hydrogens (tertiary/aromatic N) is 1. The molecule has 3 rings (SSSR count). The van der Waals surface area contributed by atoms with Gasteiger partial charge >= 0.3 is 12.2 Å². The van der Waals surface area contributed by atoms with Gasteiger partial charge in [0.25, 0.3) is 0 Å². The third kappa shape index (κ3) is 3.52. The molecule has 1 fully saturated rings. The van der Waals surface area contributed by atoms with Crippen molar-refractivity contribution in [1.29, 1.82) is 0 Å². The molecule has 3 N–H and O–H groups in total. The number of rotatable bonds is 3. The van der Waals surface area contributed by atoms with Crippen molar-refractivity contribution in [1.82, 2.24) is 15.6 Å². The van der Waals surface area contributed by atoms with E-state index in [4.69, 9.17) is 23.2 Å². The Morgan fingerprint density at radius 1 is 1.25 bits per heavy atom. The van der Waals surface area contributed by atoms with E-state index in [1.54, 1.807) is 0 Å². The van der Waals surface area contributed by atoms with Crippen LogP contribution in [0.1, 0.15) is 22.0 Å². The molecule has 6 nitrogen and oxygen atoms in total. The van der Waals surface area contributed by atoms with Crippen molar-refractivity contribution >= 4 is 35.0 Å². The summed E-state index contributed by atoms with van der Waals surface area (Å²) < 4.78 is 41.3. The zero-order chi connectivity index (χ0) is 20.7. The number of aromatic nitrogens is 1. The highest BCUT2D eigenvalue weighted by Gasteiger charge is 2.66. The molecule has 28 heavy (non-hydrogen) atoms. The zero-order valence-corrected chi connectivity index (χ0v) is 15.3. The number of hydrogen-bond acceptors (Lipinski definition) is 4. The Morgan fingerprint density at radius 3 is 2.54 bits per heavy atom. The first-order valence-electron chi connectivity index (χ1n) is 7.81. The first kappa shape index (κ1) is 20.4. The summed E-state index contributed by atoms with van der Waals surface area (Å²) in [6.45, 7) is 0. The number of urea groups is 1. The number of hydrogen-bond donors (Lipinski definition) is 3. The minimum Gasteiger partial charge on any atom is -0.363 e. The molecule has 0 spiro atoms. The molecule has 3 atom stereocenters. The number of halogens is 5. The van der Waals surface area contributed by atoms with Gasteiger partial charge in [0.05, 0.1) is 6.04 Å². The normalized spacial score (nSPS) is 25.0. The lowest BCUT2D eigenvalue weighted by Gasteiger charge is -2.45. The SMILES string of the molecule is O=C1N[C@H](c2ccc(Cl)cc2Cl)[C@@H](C(=O)c2cccnc2)[C@@](O)(C(F)(F)F)N1. The number of aliphatic hydroxyl groups is 1. The summed E-state index contributed by atoms with van der Waals surface area (Å²) >= 11 is 11.9. The van der Waals surface area contributed by atoms with Crippen LogP contribution in [-0.2, 0) is 0 Å². The molecule has 0 bridgehead atoms. The van der Waals surface area contributed by atoms with Gasteiger partial charge in [0.2, 0.25) is 5.72 Å². The summed E-state index contributed by atoms with van der Waals surface area (Å²) in [5, 5.41) is 14.2. The van der Waals surface area contributed by atoms with Crippen molar-refractivity contribution in [3.8, 4) is 0 Å². The standard InChI is InChI=1S/C17H12Cl2F3N3O3/c18-9-3-4-10(11(19)6-9)13-12(14(26)8-2-1-5-23-7-8)16(28,17(20,21)22)25-15(27)24-13/h1-7,12-13,28H,(H2,24,25,27)/t12-,13+,16+/m0/s1. The van der Waals surface area contributed by atoms with E-state index in [1.807, 2.05) is 0 Å². The van der Waals surface area contributed by atoms with Gasteiger partial charge in [-0.15, -0.1) is 0 Å². The lowest BCUT2D eigenvalue weighted by molar-refractivity contribution is -0.287. The van der Waals surface area contributed by atoms with Crippen LogP contribution in [0.4, 0.5) is 18.0 Å². The molecule has 1 aromatic carbocycles. The number of alkyl halides is 3. The van der Waals surface area contributed by atoms with Crippen LogP contribution in [0.15, 0.2) is 42.7 Å². The number of pyridine rings is 1. The summed E-state index contributed by atoms with van der Waals surface area (Å²) in [5.41, 5.74) is -4.02. The van der Waals surface area contributed by atoms with E-state index >= 15 is 0 Å². The molecule has 2 amide bonds. The van der Waals surface area contributed by atoms with E-state index in [2.05, 4.69) is 10.3 Å². The molecule has 2 heterocycles. The monoisotopic (exact) mass is 433 g/mol. The average molecular weight is 434 g/mol. The Balaban J connectivity index is 2.20. The molecule has 1 aliphatic heterocycles. The van der Waals surface area contributed by atoms with Crippen molar-refractivity contribution in [3.05, 3.63) is 63.9 Å². The maximum Gasteiger partial charge on any atom is 0.437 e. The molecule has 2 aromatic rings. The largest absolute Gasteiger partial charge is 0.437 e. The van der Waals surface area contributed by atoms with Gasteiger partial charge in [-0.3, -0.25) is 9.78 Å². The molecule has 1 aromatic heterocycles. The molecule has 148 valence electrons. The van der Waals surface area contributed by atoms with Crippen LogP contribution in [0.25, 0.3) is 0 Å². The quantitative estimate of drug-likeness (QED) is 0.646. The number of nitrogens with one attached hydrogen (secondary N) is 2. The highest BCUT2D eigenvalue weighted by atomic mass is 35.5. The molecule has 0 radical (unpaired) electrons. The second-order valence-electron chi connectivity index (χ2n) is 6.09. The molecular weight excluding hydrogens is 422 g/mol. The van der Waals surface area contributed by atoms with E-state index in [9.17, 15) is 27.9 Å². The van der Waals surface area contributed by atoms with E-state index in [1.165, 1.54) is 41.8 Å². The lowest BCUT2D eigenvalue weighted by Crippen LogP contribution is -2.72. The summed E-state index contributed by atoms with van der Waals surface area (Å²) in [4.78, 5) is 28.6. The van der Waals surface area contributed by atoms with Crippen molar-refractivity contribution in [3.63, 3.8) is 0 Å². The first-order chi connectivity index (χ1) is 13.0. The van der Waals surface area contributed by atoms with E-state index in [0.29, 0.717) is 0 Å². The molecule has 0 saturated carbocycles. The van der Waals surface area contributed by atoms with Crippen LogP contribution in [0.3, 0.4) is 0 Å². The highest BCUT2D eigenvalue weighted by Crippen LogP contribution is 2.45. The number of ketones is 1. The van der Waals surface area contributed by atoms with Gasteiger partial charge < -0.3 is 15.7 Å². The van der Waals surface area contributed by atoms with Gasteiger partial charge in [-0.1, -0.05) is 29.3 Å². The topological polar surface area (TPSA) is 91.3 Å². The number of amides is 2. The van der Waals surface area contributed by atoms with E-state index < -0.39 is 35.7 Å². The van der Waals surface area contributed by atoms with Crippen LogP contribution >= 0.6 is 23.2 Å². The van der Waals surface area contributed by atoms with Gasteiger partial charge in [0, 0.05) is 28.0 Å². The number of carbonyl (C=O) groups is 2. The van der Waals surface area contributed by atoms with Gasteiger partial charge in [-0.2, -0.15) is 13.2 Å². The molecule has 1 aliphatic rings. The number of carbonyl (C=O) groups excluding carboxylic acids is 2. The lowest BCUT2D eigenvalue weighted by atomic mass is 9.77. The smallest absolute Gasteiger partial charge is 0.363 e. The Kier molecular flexibility index (Phi) is 5.26. The fraction of sp³-hybridized carbons (Fsp3) is 0.235. The second-order valence-corrected chi connectivity index (χ2v) is 6.93. The van der Waals surface area contributed by atoms with Crippen LogP contribution in [0, 0.1) is 5.92 Å². The third-order valence-electron chi connectivity index (χ3n) is 4.33. The predicted molar refractivity (Wildman–Crippen MR) is 93.9 cm³/mol. The molecule has 0 aliphatic carbocycles. The zero-order valence-electron chi connectivity index (χ0n) is 13.8. The van der Waals surface area contributed by atoms with E-state index in [0.717, 1.165) is 6.20 Å². The van der Waals surface area contributed by atoms with Crippen molar-refractivity contribution in [2.24, 2.45) is 5.92 Å². The minimum atomic E-state index is -5.36. The Bertz CT molecular complexity index is 927. The maximum atomic E-state index is 13.8. The second kappa shape index (κ2) is 7.23. The predicted octanol–water partition coefficient (Wildman–Crippen LogP) is 3.49. The highest BCUT2D eigenvalue weighted by molar-refractivity contribution is 6.35. The van der Waals surface area contributed by atoms with Gasteiger partial charge in [0.1, 0.15) is 5.92 Å². The molecule has 0 unspecified atom stereocenters. The van der Waals surface area contributed by atoms with Gasteiger partial charge in [-0.05, 0) is 29.8 Å². The Morgan fingerprint density at radius 2 is 1.96 bits per heavy atom. The minimum absolute atomic E-state index is 0.00849. The molecular formula is C17H12Cl2F3N3O3. The summed E-state index contributed by atoms with van der Waals surface area (Å²) in [7, 11) is 0.